The van der Waals surface area contributed by atoms with Crippen LogP contribution in [0.4, 0.5) is 5.82 Å². The predicted molar refractivity (Wildman–Crippen MR) is 81.7 cm³/mol. The summed E-state index contributed by atoms with van der Waals surface area (Å²) >= 11 is 3.55. The van der Waals surface area contributed by atoms with E-state index in [2.05, 4.69) is 53.5 Å². The van der Waals surface area contributed by atoms with Crippen LogP contribution in [0.2, 0.25) is 0 Å². The summed E-state index contributed by atoms with van der Waals surface area (Å²) < 4.78 is 3.23. The molecule has 1 aliphatic rings. The zero-order valence-corrected chi connectivity index (χ0v) is 13.1. The molecule has 1 atom stereocenters. The van der Waals surface area contributed by atoms with Gasteiger partial charge in [-0.25, -0.2) is 15.0 Å². The van der Waals surface area contributed by atoms with Crippen molar-refractivity contribution in [1.29, 1.82) is 0 Å². The van der Waals surface area contributed by atoms with Crippen LogP contribution in [0.25, 0.3) is 0 Å². The second kappa shape index (κ2) is 5.91. The standard InChI is InChI=1S/C14H18BrN5/c1-2-13-17-5-7-19(13)9-11-4-3-6-20(11)14-12(15)8-16-10-18-14/h5,7-8,10-11H,2-4,6,9H2,1H3. The summed E-state index contributed by atoms with van der Waals surface area (Å²) in [5.41, 5.74) is 0. The molecule has 3 heterocycles. The summed E-state index contributed by atoms with van der Waals surface area (Å²) in [5, 5.41) is 0. The minimum Gasteiger partial charge on any atom is -0.351 e. The molecule has 0 bridgehead atoms. The Morgan fingerprint density at radius 3 is 3.10 bits per heavy atom. The van der Waals surface area contributed by atoms with Crippen LogP contribution in [0.15, 0.2) is 29.4 Å². The van der Waals surface area contributed by atoms with Crippen LogP contribution >= 0.6 is 15.9 Å². The lowest BCUT2D eigenvalue weighted by molar-refractivity contribution is 0.532. The molecule has 0 spiro atoms. The highest BCUT2D eigenvalue weighted by Gasteiger charge is 2.27. The molecule has 1 aliphatic heterocycles. The van der Waals surface area contributed by atoms with Crippen molar-refractivity contribution in [3.8, 4) is 0 Å². The first-order valence-corrected chi connectivity index (χ1v) is 7.81. The molecule has 0 aromatic carbocycles. The number of rotatable bonds is 4. The molecule has 0 aliphatic carbocycles. The van der Waals surface area contributed by atoms with Crippen molar-refractivity contribution in [3.63, 3.8) is 0 Å². The second-order valence-corrected chi connectivity index (χ2v) is 5.89. The van der Waals surface area contributed by atoms with E-state index in [0.29, 0.717) is 6.04 Å². The van der Waals surface area contributed by atoms with E-state index in [0.717, 1.165) is 35.6 Å². The average molecular weight is 336 g/mol. The molecular weight excluding hydrogens is 318 g/mol. The maximum absolute atomic E-state index is 4.43. The number of halogens is 1. The van der Waals surface area contributed by atoms with Gasteiger partial charge < -0.3 is 9.47 Å². The molecule has 5 nitrogen and oxygen atoms in total. The summed E-state index contributed by atoms with van der Waals surface area (Å²) in [6.07, 6.45) is 10.8. The molecule has 1 fully saturated rings. The fraction of sp³-hybridized carbons (Fsp3) is 0.500. The van der Waals surface area contributed by atoms with E-state index < -0.39 is 0 Å². The summed E-state index contributed by atoms with van der Waals surface area (Å²) in [6.45, 7) is 4.17. The molecular formula is C14H18BrN5. The molecule has 0 radical (unpaired) electrons. The Morgan fingerprint density at radius 1 is 1.40 bits per heavy atom. The van der Waals surface area contributed by atoms with E-state index in [-0.39, 0.29) is 0 Å². The van der Waals surface area contributed by atoms with Crippen molar-refractivity contribution < 1.29 is 0 Å². The number of hydrogen-bond donors (Lipinski definition) is 0. The van der Waals surface area contributed by atoms with Gasteiger partial charge in [0.15, 0.2) is 0 Å². The van der Waals surface area contributed by atoms with E-state index in [1.807, 2.05) is 12.4 Å². The number of hydrogen-bond acceptors (Lipinski definition) is 4. The topological polar surface area (TPSA) is 46.8 Å². The van der Waals surface area contributed by atoms with Gasteiger partial charge in [0, 0.05) is 44.1 Å². The molecule has 1 saturated heterocycles. The second-order valence-electron chi connectivity index (χ2n) is 5.03. The van der Waals surface area contributed by atoms with E-state index in [9.17, 15) is 0 Å². The maximum Gasteiger partial charge on any atom is 0.146 e. The number of aryl methyl sites for hydroxylation is 1. The van der Waals surface area contributed by atoms with Crippen molar-refractivity contribution in [2.45, 2.75) is 38.8 Å². The fourth-order valence-electron chi connectivity index (χ4n) is 2.87. The molecule has 0 saturated carbocycles. The molecule has 2 aromatic heterocycles. The van der Waals surface area contributed by atoms with Crippen LogP contribution in [0, 0.1) is 0 Å². The van der Waals surface area contributed by atoms with E-state index in [1.165, 1.54) is 12.8 Å². The molecule has 0 N–H and O–H groups in total. The Kier molecular flexibility index (Phi) is 4.00. The summed E-state index contributed by atoms with van der Waals surface area (Å²) in [4.78, 5) is 15.3. The van der Waals surface area contributed by atoms with Crippen molar-refractivity contribution in [2.24, 2.45) is 0 Å². The van der Waals surface area contributed by atoms with Crippen LogP contribution in [-0.4, -0.2) is 32.1 Å². The van der Waals surface area contributed by atoms with Gasteiger partial charge in [-0.3, -0.25) is 0 Å². The van der Waals surface area contributed by atoms with E-state index in [1.54, 1.807) is 6.33 Å². The maximum atomic E-state index is 4.43. The molecule has 106 valence electrons. The van der Waals surface area contributed by atoms with Crippen LogP contribution in [0.3, 0.4) is 0 Å². The SMILES string of the molecule is CCc1nccn1CC1CCCN1c1ncncc1Br. The van der Waals surface area contributed by atoms with Gasteiger partial charge in [0.25, 0.3) is 0 Å². The normalized spacial score (nSPS) is 18.7. The summed E-state index contributed by atoms with van der Waals surface area (Å²) in [5.74, 6) is 2.15. The van der Waals surface area contributed by atoms with Crippen molar-refractivity contribution >= 4 is 21.7 Å². The zero-order chi connectivity index (χ0) is 13.9. The van der Waals surface area contributed by atoms with E-state index in [4.69, 9.17) is 0 Å². The Hall–Kier alpha value is -1.43. The lowest BCUT2D eigenvalue weighted by Crippen LogP contribution is -2.34. The smallest absolute Gasteiger partial charge is 0.146 e. The first-order valence-electron chi connectivity index (χ1n) is 7.01. The quantitative estimate of drug-likeness (QED) is 0.861. The summed E-state index contributed by atoms with van der Waals surface area (Å²) in [7, 11) is 0. The summed E-state index contributed by atoms with van der Waals surface area (Å²) in [6, 6.07) is 0.473. The highest BCUT2D eigenvalue weighted by Crippen LogP contribution is 2.30. The Balaban J connectivity index is 1.81. The third kappa shape index (κ3) is 2.57. The molecule has 1 unspecified atom stereocenters. The van der Waals surface area contributed by atoms with Crippen LogP contribution in [-0.2, 0) is 13.0 Å². The fourth-order valence-corrected chi connectivity index (χ4v) is 3.32. The molecule has 20 heavy (non-hydrogen) atoms. The van der Waals surface area contributed by atoms with Gasteiger partial charge in [-0.1, -0.05) is 6.92 Å². The van der Waals surface area contributed by atoms with Gasteiger partial charge in [-0.2, -0.15) is 0 Å². The van der Waals surface area contributed by atoms with Gasteiger partial charge >= 0.3 is 0 Å². The molecule has 6 heteroatoms. The highest BCUT2D eigenvalue weighted by molar-refractivity contribution is 9.10. The number of aromatic nitrogens is 4. The third-order valence-electron chi connectivity index (χ3n) is 3.82. The predicted octanol–water partition coefficient (Wildman–Crippen LogP) is 2.67. The van der Waals surface area contributed by atoms with Crippen LogP contribution < -0.4 is 4.90 Å². The van der Waals surface area contributed by atoms with Gasteiger partial charge in [-0.05, 0) is 28.8 Å². The number of imidazole rings is 1. The van der Waals surface area contributed by atoms with Gasteiger partial charge in [0.05, 0.1) is 4.47 Å². The zero-order valence-electron chi connectivity index (χ0n) is 11.5. The van der Waals surface area contributed by atoms with Gasteiger partial charge in [0.2, 0.25) is 0 Å². The number of nitrogens with zero attached hydrogens (tertiary/aromatic N) is 5. The molecule has 3 rings (SSSR count). The largest absolute Gasteiger partial charge is 0.351 e. The van der Waals surface area contributed by atoms with Gasteiger partial charge in [0.1, 0.15) is 18.0 Å². The first-order chi connectivity index (χ1) is 9.79. The Labute approximate surface area is 127 Å². The lowest BCUT2D eigenvalue weighted by atomic mass is 10.2. The molecule has 0 amide bonds. The number of anilines is 1. The van der Waals surface area contributed by atoms with Crippen LogP contribution in [0.1, 0.15) is 25.6 Å². The van der Waals surface area contributed by atoms with Crippen LogP contribution in [0.5, 0.6) is 0 Å². The Morgan fingerprint density at radius 2 is 2.30 bits per heavy atom. The van der Waals surface area contributed by atoms with Gasteiger partial charge in [-0.15, -0.1) is 0 Å². The monoisotopic (exact) mass is 335 g/mol. The Bertz CT molecular complexity index is 582. The average Bonchev–Trinajstić information content (AvgIpc) is 3.09. The third-order valence-corrected chi connectivity index (χ3v) is 4.38. The van der Waals surface area contributed by atoms with E-state index >= 15 is 0 Å². The first kappa shape index (κ1) is 13.5. The highest BCUT2D eigenvalue weighted by atomic mass is 79.9. The lowest BCUT2D eigenvalue weighted by Gasteiger charge is -2.27. The minimum atomic E-state index is 0.473. The minimum absolute atomic E-state index is 0.473. The van der Waals surface area contributed by atoms with Crippen molar-refractivity contribution in [1.82, 2.24) is 19.5 Å². The van der Waals surface area contributed by atoms with Crippen molar-refractivity contribution in [3.05, 3.63) is 35.2 Å². The molecule has 2 aromatic rings. The van der Waals surface area contributed by atoms with Crippen molar-refractivity contribution in [2.75, 3.05) is 11.4 Å².